The molecular formula is C10H10ClNO2. The maximum Gasteiger partial charge on any atom is 0.337 e. The highest BCUT2D eigenvalue weighted by molar-refractivity contribution is 6.34. The van der Waals surface area contributed by atoms with Crippen LogP contribution in [0.2, 0.25) is 5.02 Å². The first kappa shape index (κ1) is 9.46. The summed E-state index contributed by atoms with van der Waals surface area (Å²) in [4.78, 5) is 15.3. The van der Waals surface area contributed by atoms with E-state index in [2.05, 4.69) is 4.98 Å². The van der Waals surface area contributed by atoms with Gasteiger partial charge in [0.1, 0.15) is 0 Å². The molecule has 0 saturated heterocycles. The summed E-state index contributed by atoms with van der Waals surface area (Å²) in [6.45, 7) is 1.74. The van der Waals surface area contributed by atoms with E-state index in [4.69, 9.17) is 16.7 Å². The van der Waals surface area contributed by atoms with Gasteiger partial charge in [-0.2, -0.15) is 0 Å². The average Bonchev–Trinajstić information content (AvgIpc) is 2.52. The van der Waals surface area contributed by atoms with Gasteiger partial charge in [0.05, 0.1) is 16.3 Å². The zero-order chi connectivity index (χ0) is 10.3. The fourth-order valence-electron chi connectivity index (χ4n) is 1.91. The number of rotatable bonds is 1. The zero-order valence-corrected chi connectivity index (χ0v) is 8.56. The molecule has 1 heterocycles. The van der Waals surface area contributed by atoms with Gasteiger partial charge in [-0.3, -0.25) is 4.98 Å². The maximum absolute atomic E-state index is 11.0. The first-order chi connectivity index (χ1) is 6.61. The van der Waals surface area contributed by atoms with Crippen LogP contribution >= 0.6 is 11.6 Å². The Labute approximate surface area is 86.7 Å². The topological polar surface area (TPSA) is 50.2 Å². The third-order valence-electron chi connectivity index (χ3n) is 2.54. The number of carboxylic acids is 1. The Bertz CT molecular complexity index is 415. The second kappa shape index (κ2) is 3.24. The Morgan fingerprint density at radius 1 is 1.50 bits per heavy atom. The summed E-state index contributed by atoms with van der Waals surface area (Å²) in [6, 6.07) is 0. The second-order valence-corrected chi connectivity index (χ2v) is 3.85. The number of nitrogens with zero attached hydrogens (tertiary/aromatic N) is 1. The Hall–Kier alpha value is -1.09. The van der Waals surface area contributed by atoms with Crippen molar-refractivity contribution in [1.82, 2.24) is 4.98 Å². The van der Waals surface area contributed by atoms with Crippen LogP contribution in [-0.4, -0.2) is 16.1 Å². The molecule has 4 heteroatoms. The van der Waals surface area contributed by atoms with Crippen LogP contribution in [-0.2, 0) is 12.8 Å². The van der Waals surface area contributed by atoms with E-state index in [1.807, 2.05) is 0 Å². The van der Waals surface area contributed by atoms with E-state index in [1.165, 1.54) is 0 Å². The molecule has 1 N–H and O–H groups in total. The minimum absolute atomic E-state index is 0.256. The minimum atomic E-state index is -0.946. The molecule has 3 nitrogen and oxygen atoms in total. The van der Waals surface area contributed by atoms with E-state index in [0.29, 0.717) is 5.69 Å². The van der Waals surface area contributed by atoms with E-state index >= 15 is 0 Å². The van der Waals surface area contributed by atoms with Gasteiger partial charge in [0, 0.05) is 5.69 Å². The van der Waals surface area contributed by atoms with Gasteiger partial charge in [0.15, 0.2) is 0 Å². The molecule has 1 aliphatic rings. The van der Waals surface area contributed by atoms with Gasteiger partial charge in [-0.05, 0) is 31.7 Å². The van der Waals surface area contributed by atoms with Crippen LogP contribution in [0.25, 0.3) is 0 Å². The fourth-order valence-corrected chi connectivity index (χ4v) is 2.15. The number of aromatic carboxylic acids is 1. The van der Waals surface area contributed by atoms with Gasteiger partial charge in [0.25, 0.3) is 0 Å². The van der Waals surface area contributed by atoms with Gasteiger partial charge in [-0.25, -0.2) is 4.79 Å². The molecule has 0 radical (unpaired) electrons. The quantitative estimate of drug-likeness (QED) is 0.775. The molecule has 74 valence electrons. The molecule has 1 aliphatic carbocycles. The summed E-state index contributed by atoms with van der Waals surface area (Å²) in [6.07, 6.45) is 2.62. The van der Waals surface area contributed by atoms with Gasteiger partial charge in [0.2, 0.25) is 0 Å². The number of carboxylic acid groups (broad SMARTS) is 1. The highest BCUT2D eigenvalue weighted by atomic mass is 35.5. The second-order valence-electron chi connectivity index (χ2n) is 3.47. The van der Waals surface area contributed by atoms with E-state index in [9.17, 15) is 4.79 Å². The van der Waals surface area contributed by atoms with Crippen molar-refractivity contribution in [3.05, 3.63) is 27.5 Å². The van der Waals surface area contributed by atoms with Crippen LogP contribution in [0.1, 0.15) is 33.7 Å². The fraction of sp³-hybridized carbons (Fsp3) is 0.400. The Balaban J connectivity index is 2.72. The van der Waals surface area contributed by atoms with E-state index in [0.717, 1.165) is 30.5 Å². The summed E-state index contributed by atoms with van der Waals surface area (Å²) in [7, 11) is 0. The molecule has 0 aliphatic heterocycles. The molecule has 1 aromatic rings. The maximum atomic E-state index is 11.0. The number of aromatic nitrogens is 1. The van der Waals surface area contributed by atoms with Gasteiger partial charge < -0.3 is 5.11 Å². The van der Waals surface area contributed by atoms with Crippen LogP contribution in [0.5, 0.6) is 0 Å². The van der Waals surface area contributed by atoms with Crippen LogP contribution < -0.4 is 0 Å². The number of hydrogen-bond donors (Lipinski definition) is 1. The largest absolute Gasteiger partial charge is 0.478 e. The summed E-state index contributed by atoms with van der Waals surface area (Å²) >= 11 is 5.93. The molecule has 0 amide bonds. The van der Waals surface area contributed by atoms with Crippen molar-refractivity contribution in [2.24, 2.45) is 0 Å². The van der Waals surface area contributed by atoms with Crippen molar-refractivity contribution in [3.63, 3.8) is 0 Å². The summed E-state index contributed by atoms with van der Waals surface area (Å²) in [5.41, 5.74) is 2.61. The zero-order valence-electron chi connectivity index (χ0n) is 7.80. The van der Waals surface area contributed by atoms with E-state index in [-0.39, 0.29) is 10.6 Å². The summed E-state index contributed by atoms with van der Waals surface area (Å²) in [5, 5.41) is 9.33. The molecular weight excluding hydrogens is 202 g/mol. The summed E-state index contributed by atoms with van der Waals surface area (Å²) in [5.74, 6) is -0.946. The van der Waals surface area contributed by atoms with Crippen molar-refractivity contribution in [2.75, 3.05) is 0 Å². The van der Waals surface area contributed by atoms with E-state index < -0.39 is 5.97 Å². The monoisotopic (exact) mass is 211 g/mol. The number of carbonyl (C=O) groups is 1. The lowest BCUT2D eigenvalue weighted by atomic mass is 10.1. The lowest BCUT2D eigenvalue weighted by Gasteiger charge is -2.08. The number of pyridine rings is 1. The standard InChI is InChI=1S/C10H10ClNO2/c1-5-9(11)8(10(13)14)6-3-2-4-7(6)12-5/h2-4H2,1H3,(H,13,14). The molecule has 0 spiro atoms. The first-order valence-electron chi connectivity index (χ1n) is 4.52. The molecule has 0 fully saturated rings. The molecule has 0 atom stereocenters. The van der Waals surface area contributed by atoms with Crippen LogP contribution in [0, 0.1) is 6.92 Å². The molecule has 0 unspecified atom stereocenters. The van der Waals surface area contributed by atoms with Crippen molar-refractivity contribution in [3.8, 4) is 0 Å². The molecule has 2 rings (SSSR count). The Morgan fingerprint density at radius 3 is 2.86 bits per heavy atom. The van der Waals surface area contributed by atoms with E-state index in [1.54, 1.807) is 6.92 Å². The Morgan fingerprint density at radius 2 is 2.21 bits per heavy atom. The minimum Gasteiger partial charge on any atom is -0.478 e. The predicted molar refractivity (Wildman–Crippen MR) is 53.0 cm³/mol. The molecule has 0 bridgehead atoms. The first-order valence-corrected chi connectivity index (χ1v) is 4.90. The highest BCUT2D eigenvalue weighted by Gasteiger charge is 2.24. The summed E-state index contributed by atoms with van der Waals surface area (Å²) < 4.78 is 0. The number of hydrogen-bond acceptors (Lipinski definition) is 2. The van der Waals surface area contributed by atoms with Crippen LogP contribution in [0.4, 0.5) is 0 Å². The number of halogens is 1. The van der Waals surface area contributed by atoms with Crippen molar-refractivity contribution in [1.29, 1.82) is 0 Å². The molecule has 14 heavy (non-hydrogen) atoms. The van der Waals surface area contributed by atoms with Gasteiger partial charge >= 0.3 is 5.97 Å². The molecule has 1 aromatic heterocycles. The average molecular weight is 212 g/mol. The normalized spacial score (nSPS) is 14.1. The molecule has 0 aromatic carbocycles. The number of fused-ring (bicyclic) bond motifs is 1. The van der Waals surface area contributed by atoms with Gasteiger partial charge in [-0.15, -0.1) is 0 Å². The predicted octanol–water partition coefficient (Wildman–Crippen LogP) is 2.23. The lowest BCUT2D eigenvalue weighted by Crippen LogP contribution is -2.06. The van der Waals surface area contributed by atoms with Crippen molar-refractivity contribution < 1.29 is 9.90 Å². The number of aryl methyl sites for hydroxylation is 2. The highest BCUT2D eigenvalue weighted by Crippen LogP contribution is 2.30. The Kier molecular flexibility index (Phi) is 2.19. The smallest absolute Gasteiger partial charge is 0.337 e. The van der Waals surface area contributed by atoms with Gasteiger partial charge in [-0.1, -0.05) is 11.6 Å². The third kappa shape index (κ3) is 1.28. The third-order valence-corrected chi connectivity index (χ3v) is 3.01. The lowest BCUT2D eigenvalue weighted by molar-refractivity contribution is 0.0695. The van der Waals surface area contributed by atoms with Crippen molar-refractivity contribution in [2.45, 2.75) is 26.2 Å². The molecule has 0 saturated carbocycles. The SMILES string of the molecule is Cc1nc2c(c(C(=O)O)c1Cl)CCC2. The van der Waals surface area contributed by atoms with Crippen LogP contribution in [0.15, 0.2) is 0 Å². The van der Waals surface area contributed by atoms with Crippen LogP contribution in [0.3, 0.4) is 0 Å². The van der Waals surface area contributed by atoms with Crippen molar-refractivity contribution >= 4 is 17.6 Å².